The fourth-order valence-corrected chi connectivity index (χ4v) is 3.78. The van der Waals surface area contributed by atoms with Gasteiger partial charge in [0.25, 0.3) is 5.91 Å². The van der Waals surface area contributed by atoms with Gasteiger partial charge in [-0.1, -0.05) is 11.6 Å². The number of nitrogens with one attached hydrogen (secondary N) is 1. The van der Waals surface area contributed by atoms with Crippen molar-refractivity contribution in [3.63, 3.8) is 0 Å². The molecule has 3 heterocycles. The molecule has 26 heavy (non-hydrogen) atoms. The zero-order valence-electron chi connectivity index (χ0n) is 14.8. The van der Waals surface area contributed by atoms with Crippen LogP contribution in [0.15, 0.2) is 29.1 Å². The van der Waals surface area contributed by atoms with Crippen molar-refractivity contribution in [3.05, 3.63) is 45.7 Å². The minimum absolute atomic E-state index is 0.00871. The molecule has 0 radical (unpaired) electrons. The molecule has 2 bridgehead atoms. The Bertz CT molecular complexity index is 951. The number of aromatic amines is 1. The molecule has 2 amide bonds. The van der Waals surface area contributed by atoms with Crippen LogP contribution in [-0.2, 0) is 9.53 Å². The number of hydrogen-bond donors (Lipinski definition) is 1. The lowest BCUT2D eigenvalue weighted by atomic mass is 10.0. The molecular formula is C19H21N3O4. The highest BCUT2D eigenvalue weighted by atomic mass is 16.5. The van der Waals surface area contributed by atoms with Gasteiger partial charge in [0, 0.05) is 37.1 Å². The lowest BCUT2D eigenvalue weighted by Gasteiger charge is -2.29. The molecule has 0 aliphatic carbocycles. The summed E-state index contributed by atoms with van der Waals surface area (Å²) < 4.78 is 5.59. The van der Waals surface area contributed by atoms with Gasteiger partial charge in [-0.15, -0.1) is 0 Å². The van der Waals surface area contributed by atoms with Gasteiger partial charge in [0.05, 0.1) is 30.7 Å². The van der Waals surface area contributed by atoms with Crippen molar-refractivity contribution < 1.29 is 14.3 Å². The van der Waals surface area contributed by atoms with Crippen LogP contribution < -0.4 is 5.56 Å². The van der Waals surface area contributed by atoms with Crippen molar-refractivity contribution in [3.8, 4) is 0 Å². The number of hydrogen-bond acceptors (Lipinski definition) is 4. The summed E-state index contributed by atoms with van der Waals surface area (Å²) in [6.45, 7) is 3.38. The second-order valence-corrected chi connectivity index (χ2v) is 7.14. The fourth-order valence-electron chi connectivity index (χ4n) is 3.78. The second-order valence-electron chi connectivity index (χ2n) is 7.14. The SMILES string of the molecule is Cc1ccc2[nH]c(=O)cc(C(=O)N3C[C@@H]4COC[C@H](C3)N(C)C4=O)c2c1. The number of ether oxygens (including phenoxy) is 1. The number of pyridine rings is 1. The molecule has 0 spiro atoms. The Hall–Kier alpha value is -2.67. The van der Waals surface area contributed by atoms with Gasteiger partial charge in [-0.2, -0.15) is 0 Å². The molecule has 7 nitrogen and oxygen atoms in total. The van der Waals surface area contributed by atoms with Crippen LogP contribution in [0.5, 0.6) is 0 Å². The predicted molar refractivity (Wildman–Crippen MR) is 96.1 cm³/mol. The first-order valence-corrected chi connectivity index (χ1v) is 8.71. The maximum atomic E-state index is 13.3. The van der Waals surface area contributed by atoms with Gasteiger partial charge in [-0.3, -0.25) is 14.4 Å². The maximum Gasteiger partial charge on any atom is 0.254 e. The molecule has 136 valence electrons. The first-order chi connectivity index (χ1) is 12.4. The average Bonchev–Trinajstić information content (AvgIpc) is 2.79. The van der Waals surface area contributed by atoms with Crippen LogP contribution in [0.4, 0.5) is 0 Å². The molecule has 0 saturated carbocycles. The Morgan fingerprint density at radius 1 is 1.19 bits per heavy atom. The van der Waals surface area contributed by atoms with E-state index in [1.54, 1.807) is 16.8 Å². The van der Waals surface area contributed by atoms with Crippen molar-refractivity contribution in [2.45, 2.75) is 13.0 Å². The summed E-state index contributed by atoms with van der Waals surface area (Å²) in [5.74, 6) is -0.576. The van der Waals surface area contributed by atoms with Crippen LogP contribution in [-0.4, -0.2) is 66.0 Å². The second kappa shape index (κ2) is 6.25. The average molecular weight is 355 g/mol. The number of amides is 2. The normalized spacial score (nSPS) is 23.2. The molecule has 2 aliphatic rings. The molecule has 1 aromatic carbocycles. The Kier molecular flexibility index (Phi) is 4.03. The molecule has 2 aliphatic heterocycles. The summed E-state index contributed by atoms with van der Waals surface area (Å²) in [6, 6.07) is 6.79. The summed E-state index contributed by atoms with van der Waals surface area (Å²) in [5, 5.41) is 0.722. The summed E-state index contributed by atoms with van der Waals surface area (Å²) in [4.78, 5) is 44.0. The Morgan fingerprint density at radius 2 is 2.00 bits per heavy atom. The van der Waals surface area contributed by atoms with E-state index in [-0.39, 0.29) is 29.3 Å². The molecule has 2 saturated heterocycles. The Balaban J connectivity index is 1.76. The van der Waals surface area contributed by atoms with Crippen molar-refractivity contribution in [2.24, 2.45) is 5.92 Å². The number of benzene rings is 1. The molecule has 0 unspecified atom stereocenters. The zero-order chi connectivity index (χ0) is 18.4. The lowest BCUT2D eigenvalue weighted by molar-refractivity contribution is -0.133. The molecule has 1 N–H and O–H groups in total. The van der Waals surface area contributed by atoms with Gasteiger partial charge in [-0.05, 0) is 19.1 Å². The summed E-state index contributed by atoms with van der Waals surface area (Å²) in [5.41, 5.74) is 1.72. The third-order valence-electron chi connectivity index (χ3n) is 5.26. The van der Waals surface area contributed by atoms with Crippen LogP contribution in [0.25, 0.3) is 10.9 Å². The van der Waals surface area contributed by atoms with E-state index < -0.39 is 0 Å². The first-order valence-electron chi connectivity index (χ1n) is 8.71. The van der Waals surface area contributed by atoms with E-state index in [0.29, 0.717) is 37.4 Å². The largest absolute Gasteiger partial charge is 0.378 e. The van der Waals surface area contributed by atoms with Crippen molar-refractivity contribution in [1.82, 2.24) is 14.8 Å². The number of H-pyrrole nitrogens is 1. The fraction of sp³-hybridized carbons (Fsp3) is 0.421. The Labute approximate surface area is 150 Å². The van der Waals surface area contributed by atoms with Crippen molar-refractivity contribution >= 4 is 22.7 Å². The van der Waals surface area contributed by atoms with E-state index in [4.69, 9.17) is 4.74 Å². The van der Waals surface area contributed by atoms with E-state index >= 15 is 0 Å². The number of fused-ring (bicyclic) bond motifs is 4. The smallest absolute Gasteiger partial charge is 0.254 e. The van der Waals surface area contributed by atoms with E-state index in [9.17, 15) is 14.4 Å². The quantitative estimate of drug-likeness (QED) is 0.819. The lowest BCUT2D eigenvalue weighted by Crippen LogP contribution is -2.45. The van der Waals surface area contributed by atoms with Gasteiger partial charge in [0.2, 0.25) is 11.5 Å². The summed E-state index contributed by atoms with van der Waals surface area (Å²) in [6.07, 6.45) is 0. The van der Waals surface area contributed by atoms with Gasteiger partial charge >= 0.3 is 0 Å². The summed E-state index contributed by atoms with van der Waals surface area (Å²) in [7, 11) is 1.76. The summed E-state index contributed by atoms with van der Waals surface area (Å²) >= 11 is 0. The standard InChI is InChI=1S/C19H21N3O4/c1-11-3-4-16-14(5-11)15(6-17(23)20-16)19(25)22-7-12-9-26-10-13(8-22)21(2)18(12)24/h3-6,12-13H,7-10H2,1-2H3,(H,20,23)/t12-,13+/m1/s1. The minimum atomic E-state index is -0.369. The van der Waals surface area contributed by atoms with Crippen LogP contribution >= 0.6 is 0 Å². The number of aromatic nitrogens is 1. The number of carbonyl (C=O) groups is 2. The monoisotopic (exact) mass is 355 g/mol. The third kappa shape index (κ3) is 2.78. The highest BCUT2D eigenvalue weighted by Gasteiger charge is 2.39. The molecule has 4 rings (SSSR count). The number of likely N-dealkylation sites (N-methyl/N-ethyl adjacent to an activating group) is 1. The maximum absolute atomic E-state index is 13.3. The third-order valence-corrected chi connectivity index (χ3v) is 5.26. The predicted octanol–water partition coefficient (Wildman–Crippen LogP) is 0.766. The van der Waals surface area contributed by atoms with Crippen LogP contribution in [0.1, 0.15) is 15.9 Å². The molecule has 2 aromatic rings. The number of carbonyl (C=O) groups excluding carboxylic acids is 2. The number of aryl methyl sites for hydroxylation is 1. The van der Waals surface area contributed by atoms with E-state index in [0.717, 1.165) is 10.9 Å². The highest BCUT2D eigenvalue weighted by molar-refractivity contribution is 6.06. The van der Waals surface area contributed by atoms with E-state index in [2.05, 4.69) is 4.98 Å². The van der Waals surface area contributed by atoms with Crippen molar-refractivity contribution in [2.75, 3.05) is 33.4 Å². The topological polar surface area (TPSA) is 82.7 Å². The first kappa shape index (κ1) is 16.8. The molecule has 1 aromatic heterocycles. The van der Waals surface area contributed by atoms with E-state index in [1.165, 1.54) is 6.07 Å². The molecule has 7 heteroatoms. The van der Waals surface area contributed by atoms with Gasteiger partial charge in [0.1, 0.15) is 0 Å². The van der Waals surface area contributed by atoms with E-state index in [1.807, 2.05) is 25.1 Å². The molecule has 2 fully saturated rings. The molecular weight excluding hydrogens is 334 g/mol. The van der Waals surface area contributed by atoms with Gasteiger partial charge in [-0.25, -0.2) is 0 Å². The van der Waals surface area contributed by atoms with Crippen LogP contribution in [0.2, 0.25) is 0 Å². The van der Waals surface area contributed by atoms with Gasteiger partial charge in [0.15, 0.2) is 0 Å². The molecule has 2 atom stereocenters. The Morgan fingerprint density at radius 3 is 2.81 bits per heavy atom. The van der Waals surface area contributed by atoms with Crippen LogP contribution in [0.3, 0.4) is 0 Å². The van der Waals surface area contributed by atoms with Gasteiger partial charge < -0.3 is 19.5 Å². The van der Waals surface area contributed by atoms with Crippen LogP contribution in [0, 0.1) is 12.8 Å². The zero-order valence-corrected chi connectivity index (χ0v) is 14.8. The highest BCUT2D eigenvalue weighted by Crippen LogP contribution is 2.23. The number of rotatable bonds is 1. The minimum Gasteiger partial charge on any atom is -0.378 e. The van der Waals surface area contributed by atoms with Crippen molar-refractivity contribution in [1.29, 1.82) is 0 Å². The number of nitrogens with zero attached hydrogens (tertiary/aromatic N) is 2.